The Labute approximate surface area is 145 Å². The fourth-order valence-corrected chi connectivity index (χ4v) is 3.28. The molecule has 0 saturated carbocycles. The zero-order chi connectivity index (χ0) is 16.7. The number of fused-ring (bicyclic) bond motifs is 1. The molecule has 0 N–H and O–H groups in total. The minimum atomic E-state index is 0.637. The molecule has 0 unspecified atom stereocenters. The number of aryl methyl sites for hydroxylation is 3. The van der Waals surface area contributed by atoms with E-state index < -0.39 is 0 Å². The van der Waals surface area contributed by atoms with E-state index in [1.165, 1.54) is 11.1 Å². The Hall–Kier alpha value is -2.46. The number of hydrogen-bond donors (Lipinski definition) is 0. The molecule has 4 rings (SSSR count). The normalized spacial score (nSPS) is 15.0. The molecular weight excluding hydrogens is 320 g/mol. The van der Waals surface area contributed by atoms with Crippen molar-refractivity contribution in [1.82, 2.24) is 19.7 Å². The van der Waals surface area contributed by atoms with E-state index in [0.29, 0.717) is 5.95 Å². The van der Waals surface area contributed by atoms with Crippen LogP contribution in [0, 0.1) is 13.8 Å². The predicted octanol–water partition coefficient (Wildman–Crippen LogP) is 4.42. The van der Waals surface area contributed by atoms with Gasteiger partial charge in [-0.05, 0) is 67.7 Å². The van der Waals surface area contributed by atoms with Crippen LogP contribution in [-0.4, -0.2) is 19.7 Å². The van der Waals surface area contributed by atoms with Crippen molar-refractivity contribution in [3.8, 4) is 5.95 Å². The highest BCUT2D eigenvalue weighted by molar-refractivity contribution is 6.30. The van der Waals surface area contributed by atoms with Crippen LogP contribution in [0.5, 0.6) is 0 Å². The number of nitrogens with zero attached hydrogens (tertiary/aromatic N) is 4. The quantitative estimate of drug-likeness (QED) is 0.695. The largest absolute Gasteiger partial charge is 0.251 e. The van der Waals surface area contributed by atoms with Gasteiger partial charge in [0.25, 0.3) is 5.95 Å². The van der Waals surface area contributed by atoms with E-state index in [0.717, 1.165) is 40.5 Å². The minimum absolute atomic E-state index is 0.637. The molecule has 0 atom stereocenters. The van der Waals surface area contributed by atoms with Gasteiger partial charge in [-0.2, -0.15) is 9.78 Å². The highest BCUT2D eigenvalue weighted by atomic mass is 35.5. The summed E-state index contributed by atoms with van der Waals surface area (Å²) in [4.78, 5) is 9.10. The maximum absolute atomic E-state index is 5.98. The van der Waals surface area contributed by atoms with Crippen LogP contribution >= 0.6 is 11.6 Å². The summed E-state index contributed by atoms with van der Waals surface area (Å²) < 4.78 is 1.87. The van der Waals surface area contributed by atoms with E-state index in [1.807, 2.05) is 55.1 Å². The average Bonchev–Trinajstić information content (AvgIpc) is 3.11. The molecule has 0 radical (unpaired) electrons. The summed E-state index contributed by atoms with van der Waals surface area (Å²) in [6, 6.07) is 9.85. The molecular formula is C19H17ClN4. The summed E-state index contributed by atoms with van der Waals surface area (Å²) in [5, 5.41) is 5.27. The van der Waals surface area contributed by atoms with Gasteiger partial charge in [-0.15, -0.1) is 0 Å². The molecule has 0 bridgehead atoms. The van der Waals surface area contributed by atoms with Crippen molar-refractivity contribution in [1.29, 1.82) is 0 Å². The molecule has 120 valence electrons. The highest BCUT2D eigenvalue weighted by Crippen LogP contribution is 2.34. The molecule has 0 spiro atoms. The highest BCUT2D eigenvalue weighted by Gasteiger charge is 2.23. The van der Waals surface area contributed by atoms with Crippen molar-refractivity contribution >= 4 is 23.3 Å². The molecule has 0 saturated heterocycles. The van der Waals surface area contributed by atoms with Gasteiger partial charge in [-0.1, -0.05) is 23.7 Å². The Balaban J connectivity index is 1.80. The monoisotopic (exact) mass is 336 g/mol. The van der Waals surface area contributed by atoms with Crippen LogP contribution in [0.15, 0.2) is 36.5 Å². The first-order chi connectivity index (χ1) is 11.6. The average molecular weight is 337 g/mol. The van der Waals surface area contributed by atoms with E-state index >= 15 is 0 Å². The number of benzene rings is 1. The Morgan fingerprint density at radius 2 is 1.75 bits per heavy atom. The minimum Gasteiger partial charge on any atom is -0.216 e. The molecule has 2 heterocycles. The SMILES string of the molecule is Cc1cc(C)nc(-n2ncc3c2/C(=C/c2ccc(Cl)cc2)CC3)n1. The molecule has 3 aromatic rings. The van der Waals surface area contributed by atoms with Crippen molar-refractivity contribution in [3.05, 3.63) is 69.8 Å². The summed E-state index contributed by atoms with van der Waals surface area (Å²) in [5.74, 6) is 0.637. The van der Waals surface area contributed by atoms with Crippen LogP contribution in [0.1, 0.15) is 34.6 Å². The maximum atomic E-state index is 5.98. The number of allylic oxidation sites excluding steroid dienone is 1. The van der Waals surface area contributed by atoms with Crippen molar-refractivity contribution in [2.24, 2.45) is 0 Å². The Morgan fingerprint density at radius 1 is 1.04 bits per heavy atom. The van der Waals surface area contributed by atoms with Gasteiger partial charge in [0.15, 0.2) is 0 Å². The Morgan fingerprint density at radius 3 is 2.46 bits per heavy atom. The van der Waals surface area contributed by atoms with Crippen LogP contribution < -0.4 is 0 Å². The number of rotatable bonds is 2. The van der Waals surface area contributed by atoms with Gasteiger partial charge in [-0.3, -0.25) is 0 Å². The van der Waals surface area contributed by atoms with Crippen LogP contribution in [0.2, 0.25) is 5.02 Å². The first kappa shape index (κ1) is 15.1. The zero-order valence-corrected chi connectivity index (χ0v) is 14.4. The lowest BCUT2D eigenvalue weighted by atomic mass is 10.1. The molecule has 0 fully saturated rings. The predicted molar refractivity (Wildman–Crippen MR) is 96.3 cm³/mol. The van der Waals surface area contributed by atoms with Crippen molar-refractivity contribution in [2.75, 3.05) is 0 Å². The summed E-state index contributed by atoms with van der Waals surface area (Å²) in [6.45, 7) is 3.96. The molecule has 1 aliphatic carbocycles. The van der Waals surface area contributed by atoms with E-state index in [4.69, 9.17) is 11.6 Å². The fraction of sp³-hybridized carbons (Fsp3) is 0.211. The molecule has 24 heavy (non-hydrogen) atoms. The molecule has 0 amide bonds. The van der Waals surface area contributed by atoms with Gasteiger partial charge in [0.05, 0.1) is 11.9 Å². The first-order valence-electron chi connectivity index (χ1n) is 7.96. The smallest absolute Gasteiger partial charge is 0.216 e. The second kappa shape index (κ2) is 5.87. The Kier molecular flexibility index (Phi) is 3.69. The van der Waals surface area contributed by atoms with Gasteiger partial charge in [0.1, 0.15) is 0 Å². The molecule has 1 aliphatic rings. The third-order valence-electron chi connectivity index (χ3n) is 4.18. The summed E-state index contributed by atoms with van der Waals surface area (Å²) >= 11 is 5.98. The fourth-order valence-electron chi connectivity index (χ4n) is 3.15. The number of aromatic nitrogens is 4. The Bertz CT molecular complexity index is 918. The van der Waals surface area contributed by atoms with E-state index in [1.54, 1.807) is 0 Å². The lowest BCUT2D eigenvalue weighted by Crippen LogP contribution is -2.07. The van der Waals surface area contributed by atoms with Crippen LogP contribution in [0.25, 0.3) is 17.6 Å². The zero-order valence-electron chi connectivity index (χ0n) is 13.6. The first-order valence-corrected chi connectivity index (χ1v) is 8.34. The van der Waals surface area contributed by atoms with Gasteiger partial charge >= 0.3 is 0 Å². The number of halogens is 1. The van der Waals surface area contributed by atoms with Crippen LogP contribution in [0.4, 0.5) is 0 Å². The molecule has 1 aromatic carbocycles. The van der Waals surface area contributed by atoms with Gasteiger partial charge in [-0.25, -0.2) is 9.97 Å². The van der Waals surface area contributed by atoms with Crippen LogP contribution in [0.3, 0.4) is 0 Å². The van der Waals surface area contributed by atoms with E-state index in [-0.39, 0.29) is 0 Å². The van der Waals surface area contributed by atoms with Gasteiger partial charge in [0.2, 0.25) is 0 Å². The second-order valence-electron chi connectivity index (χ2n) is 6.10. The maximum Gasteiger partial charge on any atom is 0.251 e. The lowest BCUT2D eigenvalue weighted by Gasteiger charge is -2.08. The third kappa shape index (κ3) is 2.74. The van der Waals surface area contributed by atoms with E-state index in [9.17, 15) is 0 Å². The molecule has 0 aliphatic heterocycles. The van der Waals surface area contributed by atoms with E-state index in [2.05, 4.69) is 21.1 Å². The molecule has 5 heteroatoms. The van der Waals surface area contributed by atoms with Crippen LogP contribution in [-0.2, 0) is 6.42 Å². The summed E-state index contributed by atoms with van der Waals surface area (Å²) in [6.07, 6.45) is 6.13. The van der Waals surface area contributed by atoms with Gasteiger partial charge in [0, 0.05) is 16.4 Å². The number of hydrogen-bond acceptors (Lipinski definition) is 3. The van der Waals surface area contributed by atoms with Crippen molar-refractivity contribution in [3.63, 3.8) is 0 Å². The summed E-state index contributed by atoms with van der Waals surface area (Å²) in [5.41, 5.74) is 6.66. The third-order valence-corrected chi connectivity index (χ3v) is 4.44. The van der Waals surface area contributed by atoms with Gasteiger partial charge < -0.3 is 0 Å². The molecule has 2 aromatic heterocycles. The lowest BCUT2D eigenvalue weighted by molar-refractivity contribution is 0.784. The van der Waals surface area contributed by atoms with Crippen molar-refractivity contribution < 1.29 is 0 Å². The topological polar surface area (TPSA) is 43.6 Å². The second-order valence-corrected chi connectivity index (χ2v) is 6.54. The standard InChI is InChI=1S/C19H17ClN4/c1-12-9-13(2)23-19(22-12)24-18-15(5-6-16(18)11-21-24)10-14-3-7-17(20)8-4-14/h3-4,7-11H,5-6H2,1-2H3/b15-10+. The summed E-state index contributed by atoms with van der Waals surface area (Å²) in [7, 11) is 0. The molecule has 4 nitrogen and oxygen atoms in total. The van der Waals surface area contributed by atoms with Crippen molar-refractivity contribution in [2.45, 2.75) is 26.7 Å².